The van der Waals surface area contributed by atoms with Crippen LogP contribution in [0.25, 0.3) is 0 Å². The summed E-state index contributed by atoms with van der Waals surface area (Å²) >= 11 is 0. The average Bonchev–Trinajstić information content (AvgIpc) is 2.84. The lowest BCUT2D eigenvalue weighted by molar-refractivity contribution is 0.230. The second-order valence-corrected chi connectivity index (χ2v) is 5.77. The Hall–Kier alpha value is -1.02. The summed E-state index contributed by atoms with van der Waals surface area (Å²) < 4.78 is 5.86. The molecule has 0 saturated heterocycles. The minimum atomic E-state index is 0.233. The lowest BCUT2D eigenvalue weighted by Gasteiger charge is -2.35. The zero-order valence-electron chi connectivity index (χ0n) is 12.0. The maximum Gasteiger partial charge on any atom is 0.127 e. The summed E-state index contributed by atoms with van der Waals surface area (Å²) in [5, 5.41) is 3.64. The maximum absolute atomic E-state index is 5.86. The fourth-order valence-electron chi connectivity index (χ4n) is 2.68. The molecule has 0 amide bonds. The average molecular weight is 247 g/mol. The van der Waals surface area contributed by atoms with Crippen molar-refractivity contribution in [2.45, 2.75) is 46.6 Å². The fourth-order valence-corrected chi connectivity index (χ4v) is 2.68. The molecule has 1 atom stereocenters. The molecular formula is C16H25NO. The Morgan fingerprint density at radius 3 is 2.78 bits per heavy atom. The summed E-state index contributed by atoms with van der Waals surface area (Å²) in [7, 11) is 0. The van der Waals surface area contributed by atoms with Crippen molar-refractivity contribution in [2.75, 3.05) is 13.2 Å². The van der Waals surface area contributed by atoms with E-state index in [0.717, 1.165) is 31.7 Å². The van der Waals surface area contributed by atoms with E-state index in [-0.39, 0.29) is 5.41 Å². The van der Waals surface area contributed by atoms with Crippen molar-refractivity contribution in [3.05, 3.63) is 29.3 Å². The number of nitrogens with one attached hydrogen (secondary N) is 1. The molecule has 1 aliphatic heterocycles. The number of hydrogen-bond donors (Lipinski definition) is 1. The summed E-state index contributed by atoms with van der Waals surface area (Å²) in [6, 6.07) is 6.93. The third-order valence-electron chi connectivity index (χ3n) is 4.16. The molecule has 0 spiro atoms. The predicted octanol–water partition coefficient (Wildman–Crippen LogP) is 3.71. The van der Waals surface area contributed by atoms with E-state index in [0.29, 0.717) is 6.04 Å². The predicted molar refractivity (Wildman–Crippen MR) is 76.1 cm³/mol. The smallest absolute Gasteiger partial charge is 0.127 e. The van der Waals surface area contributed by atoms with Crippen LogP contribution in [0.1, 0.15) is 51.3 Å². The molecule has 2 rings (SSSR count). The summed E-state index contributed by atoms with van der Waals surface area (Å²) in [4.78, 5) is 0. The van der Waals surface area contributed by atoms with Gasteiger partial charge in [-0.3, -0.25) is 0 Å². The van der Waals surface area contributed by atoms with Gasteiger partial charge in [-0.25, -0.2) is 0 Å². The van der Waals surface area contributed by atoms with Crippen LogP contribution in [-0.4, -0.2) is 13.2 Å². The lowest BCUT2D eigenvalue weighted by Crippen LogP contribution is -2.34. The zero-order chi connectivity index (χ0) is 13.2. The largest absolute Gasteiger partial charge is 0.493 e. The van der Waals surface area contributed by atoms with Crippen LogP contribution >= 0.6 is 0 Å². The summed E-state index contributed by atoms with van der Waals surface area (Å²) in [6.45, 7) is 10.9. The van der Waals surface area contributed by atoms with Gasteiger partial charge in [0.05, 0.1) is 6.61 Å². The molecule has 1 unspecified atom stereocenters. The highest BCUT2D eigenvalue weighted by molar-refractivity contribution is 5.46. The molecule has 0 aromatic heterocycles. The Morgan fingerprint density at radius 1 is 1.33 bits per heavy atom. The zero-order valence-corrected chi connectivity index (χ0v) is 12.0. The number of rotatable bonds is 5. The second kappa shape index (κ2) is 5.31. The lowest BCUT2D eigenvalue weighted by atomic mass is 9.77. The molecule has 18 heavy (non-hydrogen) atoms. The normalized spacial score (nSPS) is 16.2. The molecule has 2 heteroatoms. The molecule has 1 aliphatic rings. The van der Waals surface area contributed by atoms with Crippen molar-refractivity contribution in [2.24, 2.45) is 5.41 Å². The van der Waals surface area contributed by atoms with Crippen LogP contribution in [0.2, 0.25) is 0 Å². The van der Waals surface area contributed by atoms with Crippen molar-refractivity contribution < 1.29 is 4.74 Å². The molecule has 1 aromatic rings. The van der Waals surface area contributed by atoms with Crippen LogP contribution in [0, 0.1) is 5.41 Å². The molecule has 0 radical (unpaired) electrons. The molecule has 1 N–H and O–H groups in total. The van der Waals surface area contributed by atoms with E-state index in [1.54, 1.807) is 0 Å². The number of ether oxygens (including phenoxy) is 1. The van der Waals surface area contributed by atoms with Crippen molar-refractivity contribution in [3.63, 3.8) is 0 Å². The maximum atomic E-state index is 5.86. The van der Waals surface area contributed by atoms with Gasteiger partial charge in [-0.05, 0) is 23.9 Å². The van der Waals surface area contributed by atoms with E-state index < -0.39 is 0 Å². The minimum Gasteiger partial charge on any atom is -0.493 e. The van der Waals surface area contributed by atoms with E-state index in [4.69, 9.17) is 4.74 Å². The molecular weight excluding hydrogens is 222 g/mol. The molecule has 1 heterocycles. The van der Waals surface area contributed by atoms with Gasteiger partial charge in [-0.15, -0.1) is 0 Å². The first-order valence-electron chi connectivity index (χ1n) is 7.08. The van der Waals surface area contributed by atoms with Gasteiger partial charge in [0.25, 0.3) is 0 Å². The number of hydrogen-bond acceptors (Lipinski definition) is 2. The molecule has 0 saturated carbocycles. The molecule has 0 aliphatic carbocycles. The van der Waals surface area contributed by atoms with Crippen LogP contribution in [0.4, 0.5) is 0 Å². The van der Waals surface area contributed by atoms with E-state index in [9.17, 15) is 0 Å². The molecule has 100 valence electrons. The number of para-hydroxylation sites is 1. The van der Waals surface area contributed by atoms with E-state index in [2.05, 4.69) is 51.2 Å². The summed E-state index contributed by atoms with van der Waals surface area (Å²) in [5.74, 6) is 1.13. The fraction of sp³-hybridized carbons (Fsp3) is 0.625. The van der Waals surface area contributed by atoms with Crippen LogP contribution in [-0.2, 0) is 6.42 Å². The quantitative estimate of drug-likeness (QED) is 0.856. The van der Waals surface area contributed by atoms with Gasteiger partial charge in [-0.2, -0.15) is 0 Å². The first kappa shape index (κ1) is 13.4. The first-order chi connectivity index (χ1) is 8.60. The van der Waals surface area contributed by atoms with E-state index in [1.165, 1.54) is 11.1 Å². The van der Waals surface area contributed by atoms with Gasteiger partial charge in [0.15, 0.2) is 0 Å². The Balaban J connectivity index is 2.40. The topological polar surface area (TPSA) is 21.3 Å². The minimum absolute atomic E-state index is 0.233. The van der Waals surface area contributed by atoms with Crippen LogP contribution in [0.15, 0.2) is 18.2 Å². The van der Waals surface area contributed by atoms with Gasteiger partial charge >= 0.3 is 0 Å². The number of benzene rings is 1. The molecule has 2 nitrogen and oxygen atoms in total. The number of fused-ring (bicyclic) bond motifs is 1. The van der Waals surface area contributed by atoms with Crippen LogP contribution in [0.3, 0.4) is 0 Å². The SMILES string of the molecule is CCNC(c1cccc2c1OCC2)C(C)(C)CC. The Labute approximate surface area is 111 Å². The van der Waals surface area contributed by atoms with Crippen LogP contribution in [0.5, 0.6) is 5.75 Å². The molecule has 1 aromatic carbocycles. The van der Waals surface area contributed by atoms with E-state index >= 15 is 0 Å². The van der Waals surface area contributed by atoms with Gasteiger partial charge in [0, 0.05) is 18.0 Å². The van der Waals surface area contributed by atoms with Crippen molar-refractivity contribution in [1.29, 1.82) is 0 Å². The third-order valence-corrected chi connectivity index (χ3v) is 4.16. The monoisotopic (exact) mass is 247 g/mol. The van der Waals surface area contributed by atoms with Crippen molar-refractivity contribution in [3.8, 4) is 5.75 Å². The molecule has 0 fully saturated rings. The Kier molecular flexibility index (Phi) is 3.96. The van der Waals surface area contributed by atoms with E-state index in [1.807, 2.05) is 0 Å². The summed E-state index contributed by atoms with van der Waals surface area (Å²) in [5.41, 5.74) is 2.93. The third kappa shape index (κ3) is 2.39. The van der Waals surface area contributed by atoms with Gasteiger partial charge in [0.1, 0.15) is 5.75 Å². The highest BCUT2D eigenvalue weighted by Gasteiger charge is 2.32. The van der Waals surface area contributed by atoms with Gasteiger partial charge < -0.3 is 10.1 Å². The first-order valence-corrected chi connectivity index (χ1v) is 7.08. The highest BCUT2D eigenvalue weighted by atomic mass is 16.5. The molecule has 0 bridgehead atoms. The van der Waals surface area contributed by atoms with Gasteiger partial charge in [0.2, 0.25) is 0 Å². The van der Waals surface area contributed by atoms with Crippen LogP contribution < -0.4 is 10.1 Å². The second-order valence-electron chi connectivity index (χ2n) is 5.77. The highest BCUT2D eigenvalue weighted by Crippen LogP contribution is 2.42. The van der Waals surface area contributed by atoms with Crippen molar-refractivity contribution >= 4 is 0 Å². The van der Waals surface area contributed by atoms with Crippen molar-refractivity contribution in [1.82, 2.24) is 5.32 Å². The summed E-state index contributed by atoms with van der Waals surface area (Å²) in [6.07, 6.45) is 2.20. The standard InChI is InChI=1S/C16H25NO/c1-5-16(3,4)15(17-6-2)13-9-7-8-12-10-11-18-14(12)13/h7-9,15,17H,5-6,10-11H2,1-4H3. The Bertz CT molecular complexity index is 412. The van der Waals surface area contributed by atoms with Gasteiger partial charge in [-0.1, -0.05) is 45.9 Å². The Morgan fingerprint density at radius 2 is 2.11 bits per heavy atom.